The molecule has 0 atom stereocenters. The van der Waals surface area contributed by atoms with E-state index in [0.717, 1.165) is 17.8 Å². The Kier molecular flexibility index (Phi) is 4.20. The minimum atomic E-state index is -3.50. The molecular weight excluding hydrogens is 314 g/mol. The Morgan fingerprint density at radius 2 is 1.96 bits per heavy atom. The van der Waals surface area contributed by atoms with Gasteiger partial charge < -0.3 is 0 Å². The summed E-state index contributed by atoms with van der Waals surface area (Å²) in [6.45, 7) is 4.81. The molecule has 0 spiro atoms. The number of aromatic nitrogens is 4. The average Bonchev–Trinajstić information content (AvgIpc) is 3.06. The van der Waals surface area contributed by atoms with Gasteiger partial charge in [-0.25, -0.2) is 17.8 Å². The van der Waals surface area contributed by atoms with E-state index in [1.165, 1.54) is 12.8 Å². The third kappa shape index (κ3) is 3.94. The maximum Gasteiger partial charge on any atom is 0.240 e. The maximum atomic E-state index is 12.2. The first-order chi connectivity index (χ1) is 10.9. The van der Waals surface area contributed by atoms with Crippen LogP contribution >= 0.6 is 0 Å². The van der Waals surface area contributed by atoms with Gasteiger partial charge in [0.1, 0.15) is 0 Å². The minimum Gasteiger partial charge on any atom is -0.228 e. The summed E-state index contributed by atoms with van der Waals surface area (Å²) in [6, 6.07) is 6.77. The summed E-state index contributed by atoms with van der Waals surface area (Å²) in [5, 5.41) is 11.7. The van der Waals surface area contributed by atoms with Crippen LogP contribution in [0.15, 0.2) is 29.2 Å². The van der Waals surface area contributed by atoms with E-state index in [1.54, 1.807) is 28.9 Å². The number of aryl methyl sites for hydroxylation is 1. The zero-order valence-electron chi connectivity index (χ0n) is 13.4. The predicted molar refractivity (Wildman–Crippen MR) is 85.2 cm³/mol. The van der Waals surface area contributed by atoms with Crippen LogP contribution in [0.25, 0.3) is 0 Å². The lowest BCUT2D eigenvalue weighted by atomic mass is 10.1. The van der Waals surface area contributed by atoms with Crippen molar-refractivity contribution in [2.75, 3.05) is 6.54 Å². The Hall–Kier alpha value is -1.80. The Morgan fingerprint density at radius 1 is 1.26 bits per heavy atom. The van der Waals surface area contributed by atoms with Crippen LogP contribution in [0.5, 0.6) is 0 Å². The van der Waals surface area contributed by atoms with Crippen LogP contribution in [0.1, 0.15) is 31.2 Å². The molecule has 0 aliphatic heterocycles. The Labute approximate surface area is 136 Å². The molecule has 1 aromatic carbocycles. The lowest BCUT2D eigenvalue weighted by Crippen LogP contribution is -2.28. The quantitative estimate of drug-likeness (QED) is 0.824. The van der Waals surface area contributed by atoms with Crippen molar-refractivity contribution in [3.8, 4) is 0 Å². The zero-order valence-corrected chi connectivity index (χ0v) is 14.2. The summed E-state index contributed by atoms with van der Waals surface area (Å²) in [6.07, 6.45) is 3.23. The number of hydrogen-bond donors (Lipinski definition) is 1. The summed E-state index contributed by atoms with van der Waals surface area (Å²) >= 11 is 0. The molecule has 1 aromatic heterocycles. The molecule has 0 amide bonds. The normalized spacial score (nSPS) is 16.4. The fourth-order valence-corrected chi connectivity index (χ4v) is 3.40. The van der Waals surface area contributed by atoms with Gasteiger partial charge in [0.2, 0.25) is 10.0 Å². The van der Waals surface area contributed by atoms with E-state index in [-0.39, 0.29) is 11.4 Å². The van der Waals surface area contributed by atoms with Gasteiger partial charge in [-0.1, -0.05) is 24.6 Å². The molecule has 7 nitrogen and oxygen atoms in total. The van der Waals surface area contributed by atoms with Crippen molar-refractivity contribution in [1.29, 1.82) is 0 Å². The highest BCUT2D eigenvalue weighted by molar-refractivity contribution is 7.89. The first-order valence-corrected chi connectivity index (χ1v) is 9.18. The highest BCUT2D eigenvalue weighted by Gasteiger charge is 2.38. The van der Waals surface area contributed by atoms with Gasteiger partial charge in [0.05, 0.1) is 11.4 Å². The van der Waals surface area contributed by atoms with Crippen molar-refractivity contribution in [2.24, 2.45) is 5.41 Å². The Morgan fingerprint density at radius 3 is 2.61 bits per heavy atom. The zero-order chi connectivity index (χ0) is 16.5. The number of hydrogen-bond acceptors (Lipinski definition) is 5. The fraction of sp³-hybridized carbons (Fsp3) is 0.533. The van der Waals surface area contributed by atoms with Gasteiger partial charge in [0.15, 0.2) is 5.82 Å². The number of tetrazole rings is 1. The smallest absolute Gasteiger partial charge is 0.228 e. The maximum absolute atomic E-state index is 12.2. The van der Waals surface area contributed by atoms with Crippen LogP contribution in [0.4, 0.5) is 0 Å². The molecule has 1 N–H and O–H groups in total. The van der Waals surface area contributed by atoms with Gasteiger partial charge >= 0.3 is 0 Å². The van der Waals surface area contributed by atoms with Gasteiger partial charge in [0, 0.05) is 13.0 Å². The van der Waals surface area contributed by atoms with Gasteiger partial charge in [0.25, 0.3) is 0 Å². The second-order valence-electron chi connectivity index (χ2n) is 6.52. The molecule has 1 aliphatic carbocycles. The van der Waals surface area contributed by atoms with Gasteiger partial charge in [-0.05, 0) is 47.7 Å². The summed E-state index contributed by atoms with van der Waals surface area (Å²) in [5.74, 6) is 0.819. The number of nitrogens with zero attached hydrogens (tertiary/aromatic N) is 4. The van der Waals surface area contributed by atoms with Crippen LogP contribution in [0, 0.1) is 12.3 Å². The summed E-state index contributed by atoms with van der Waals surface area (Å²) in [4.78, 5) is 0.269. The van der Waals surface area contributed by atoms with E-state index in [1.807, 2.05) is 6.92 Å². The number of benzene rings is 1. The lowest BCUT2D eigenvalue weighted by Gasteiger charge is -2.10. The van der Waals surface area contributed by atoms with Crippen LogP contribution in [-0.4, -0.2) is 35.2 Å². The molecule has 0 saturated heterocycles. The molecule has 0 radical (unpaired) electrons. The average molecular weight is 335 g/mol. The first-order valence-electron chi connectivity index (χ1n) is 7.69. The van der Waals surface area contributed by atoms with Crippen molar-refractivity contribution >= 4 is 10.0 Å². The molecule has 0 unspecified atom stereocenters. The van der Waals surface area contributed by atoms with Crippen molar-refractivity contribution in [2.45, 2.75) is 44.6 Å². The largest absolute Gasteiger partial charge is 0.240 e. The summed E-state index contributed by atoms with van der Waals surface area (Å²) < 4.78 is 28.7. The number of nitrogens with one attached hydrogen (secondary N) is 1. The fourth-order valence-electron chi connectivity index (χ4n) is 2.38. The van der Waals surface area contributed by atoms with E-state index >= 15 is 0 Å². The van der Waals surface area contributed by atoms with Crippen molar-refractivity contribution < 1.29 is 8.42 Å². The molecule has 124 valence electrons. The van der Waals surface area contributed by atoms with E-state index in [9.17, 15) is 8.42 Å². The molecule has 1 saturated carbocycles. The monoisotopic (exact) mass is 335 g/mol. The standard InChI is InChI=1S/C15H21N5O2S/c1-12-3-5-13(6-4-12)23(21,22)16-9-10-20-14(17-18-19-20)11-15(2)7-8-15/h3-6,16H,7-11H2,1-2H3. The third-order valence-electron chi connectivity index (χ3n) is 4.24. The second kappa shape index (κ2) is 6.01. The van der Waals surface area contributed by atoms with Crippen molar-refractivity contribution in [3.63, 3.8) is 0 Å². The van der Waals surface area contributed by atoms with Gasteiger partial charge in [-0.3, -0.25) is 0 Å². The number of sulfonamides is 1. The Balaban J connectivity index is 1.59. The SMILES string of the molecule is Cc1ccc(S(=O)(=O)NCCn2nnnc2CC2(C)CC2)cc1. The molecule has 2 aromatic rings. The van der Waals surface area contributed by atoms with Crippen LogP contribution in [0.2, 0.25) is 0 Å². The van der Waals surface area contributed by atoms with E-state index in [2.05, 4.69) is 27.2 Å². The summed E-state index contributed by atoms with van der Waals surface area (Å²) in [7, 11) is -3.50. The highest BCUT2D eigenvalue weighted by Crippen LogP contribution is 2.47. The van der Waals surface area contributed by atoms with Gasteiger partial charge in [-0.2, -0.15) is 0 Å². The van der Waals surface area contributed by atoms with Crippen molar-refractivity contribution in [3.05, 3.63) is 35.7 Å². The van der Waals surface area contributed by atoms with E-state index in [0.29, 0.717) is 12.0 Å². The molecule has 1 aliphatic rings. The first kappa shape index (κ1) is 16.1. The topological polar surface area (TPSA) is 89.8 Å². The van der Waals surface area contributed by atoms with Crippen LogP contribution < -0.4 is 4.72 Å². The summed E-state index contributed by atoms with van der Waals surface area (Å²) in [5.41, 5.74) is 1.34. The van der Waals surface area contributed by atoms with Crippen LogP contribution in [0.3, 0.4) is 0 Å². The molecule has 23 heavy (non-hydrogen) atoms. The predicted octanol–water partition coefficient (Wildman–Crippen LogP) is 1.30. The molecule has 1 heterocycles. The lowest BCUT2D eigenvalue weighted by molar-refractivity contribution is 0.494. The molecule has 3 rings (SSSR count). The molecule has 0 bridgehead atoms. The van der Waals surface area contributed by atoms with Crippen LogP contribution in [-0.2, 0) is 23.0 Å². The Bertz CT molecular complexity index is 778. The minimum absolute atomic E-state index is 0.255. The van der Waals surface area contributed by atoms with Crippen molar-refractivity contribution in [1.82, 2.24) is 24.9 Å². The molecule has 1 fully saturated rings. The number of rotatable bonds is 7. The van der Waals surface area contributed by atoms with E-state index in [4.69, 9.17) is 0 Å². The van der Waals surface area contributed by atoms with E-state index < -0.39 is 10.0 Å². The third-order valence-corrected chi connectivity index (χ3v) is 5.72. The van der Waals surface area contributed by atoms with Gasteiger partial charge in [-0.15, -0.1) is 5.10 Å². The molecular formula is C15H21N5O2S. The second-order valence-corrected chi connectivity index (χ2v) is 8.28. The molecule has 8 heteroatoms. The highest BCUT2D eigenvalue weighted by atomic mass is 32.2.